The fourth-order valence-electron chi connectivity index (χ4n) is 0.467. The fourth-order valence-corrected chi connectivity index (χ4v) is 0.467. The molecule has 0 aromatic carbocycles. The van der Waals surface area contributed by atoms with Crippen molar-refractivity contribution in [2.24, 2.45) is 0 Å². The molecule has 0 saturated carbocycles. The van der Waals surface area contributed by atoms with E-state index in [-0.39, 0.29) is 18.9 Å². The lowest BCUT2D eigenvalue weighted by Gasteiger charge is -2.16. The molecule has 5 nitrogen and oxygen atoms in total. The molecule has 0 aliphatic heterocycles. The largest absolute Gasteiger partial charge is 0.483 e. The molecule has 0 bridgehead atoms. The minimum atomic E-state index is -0.250. The van der Waals surface area contributed by atoms with Crippen LogP contribution in [0.4, 0.5) is 0 Å². The Labute approximate surface area is 72.7 Å². The number of carboxylic acid groups (broad SMARTS) is 1. The third-order valence-corrected chi connectivity index (χ3v) is 1.18. The Morgan fingerprint density at radius 3 is 1.67 bits per heavy atom. The summed E-state index contributed by atoms with van der Waals surface area (Å²) >= 11 is 0. The summed E-state index contributed by atoms with van der Waals surface area (Å²) in [5.74, 6) is 0. The summed E-state index contributed by atoms with van der Waals surface area (Å²) in [4.78, 5) is 8.36. The predicted octanol–water partition coefficient (Wildman–Crippen LogP) is 0.262. The van der Waals surface area contributed by atoms with Crippen molar-refractivity contribution in [3.05, 3.63) is 0 Å². The fraction of sp³-hybridized carbons (Fsp3) is 0.857. The minimum Gasteiger partial charge on any atom is -0.483 e. The number of methoxy groups -OCH3 is 2. The summed E-state index contributed by atoms with van der Waals surface area (Å²) in [6.07, 6.45) is 0.111. The van der Waals surface area contributed by atoms with Crippen LogP contribution in [0.1, 0.15) is 13.8 Å². The van der Waals surface area contributed by atoms with E-state index < -0.39 is 0 Å². The third-order valence-electron chi connectivity index (χ3n) is 1.18. The van der Waals surface area contributed by atoms with Gasteiger partial charge in [0.05, 0.1) is 0 Å². The van der Waals surface area contributed by atoms with Gasteiger partial charge in [0.2, 0.25) is 0 Å². The van der Waals surface area contributed by atoms with Gasteiger partial charge in [0.1, 0.15) is 12.5 Å². The molecule has 0 fully saturated rings. The van der Waals surface area contributed by atoms with Crippen LogP contribution in [0.5, 0.6) is 0 Å². The summed E-state index contributed by atoms with van der Waals surface area (Å²) < 4.78 is 9.86. The minimum absolute atomic E-state index is 0.0555. The first-order valence-corrected chi connectivity index (χ1v) is 3.51. The highest BCUT2D eigenvalue weighted by Gasteiger charge is 2.01. The standard InChI is InChI=1S/C6H15NO2.CH2O2/c1-5(8-3)7-6(2)9-4;2-1-3/h5-7H,1-4H3;1H,(H,2,3). The Hall–Kier alpha value is -0.650. The maximum absolute atomic E-state index is 8.36. The Bertz CT molecular complexity index is 91.4. The molecule has 2 unspecified atom stereocenters. The molecule has 0 amide bonds. The quantitative estimate of drug-likeness (QED) is 0.478. The SMILES string of the molecule is COC(C)NC(C)OC.O=CO. The molecule has 0 aliphatic rings. The third kappa shape index (κ3) is 12.1. The summed E-state index contributed by atoms with van der Waals surface area (Å²) in [5.41, 5.74) is 0. The molecule has 2 atom stereocenters. The van der Waals surface area contributed by atoms with E-state index in [0.717, 1.165) is 0 Å². The Morgan fingerprint density at radius 2 is 1.50 bits per heavy atom. The Balaban J connectivity index is 0. The van der Waals surface area contributed by atoms with E-state index in [1.54, 1.807) is 14.2 Å². The van der Waals surface area contributed by atoms with Gasteiger partial charge in [-0.15, -0.1) is 0 Å². The molecule has 2 N–H and O–H groups in total. The van der Waals surface area contributed by atoms with Gasteiger partial charge in [0.15, 0.2) is 0 Å². The summed E-state index contributed by atoms with van der Waals surface area (Å²) in [5, 5.41) is 9.92. The van der Waals surface area contributed by atoms with Gasteiger partial charge in [0, 0.05) is 14.2 Å². The predicted molar refractivity (Wildman–Crippen MR) is 44.8 cm³/mol. The number of ether oxygens (including phenoxy) is 2. The van der Waals surface area contributed by atoms with E-state index in [4.69, 9.17) is 19.4 Å². The maximum Gasteiger partial charge on any atom is 0.290 e. The lowest BCUT2D eigenvalue weighted by atomic mass is 10.5. The van der Waals surface area contributed by atoms with Crippen LogP contribution in [-0.2, 0) is 14.3 Å². The van der Waals surface area contributed by atoms with Crippen LogP contribution in [0.25, 0.3) is 0 Å². The van der Waals surface area contributed by atoms with Crippen molar-refractivity contribution in [2.75, 3.05) is 14.2 Å². The monoisotopic (exact) mass is 179 g/mol. The highest BCUT2D eigenvalue weighted by Crippen LogP contribution is 1.86. The average Bonchev–Trinajstić information content (AvgIpc) is 2.05. The first-order chi connectivity index (χ1) is 5.62. The molecule has 0 aromatic heterocycles. The highest BCUT2D eigenvalue weighted by molar-refractivity contribution is 5.32. The number of carbonyl (C=O) groups is 1. The molecule has 5 heteroatoms. The first kappa shape index (κ1) is 13.9. The highest BCUT2D eigenvalue weighted by atomic mass is 16.5. The van der Waals surface area contributed by atoms with Gasteiger partial charge in [-0.3, -0.25) is 10.1 Å². The van der Waals surface area contributed by atoms with E-state index in [9.17, 15) is 0 Å². The molecule has 0 aromatic rings. The first-order valence-electron chi connectivity index (χ1n) is 3.51. The lowest BCUT2D eigenvalue weighted by molar-refractivity contribution is -0.122. The van der Waals surface area contributed by atoms with E-state index >= 15 is 0 Å². The van der Waals surface area contributed by atoms with Crippen molar-refractivity contribution in [1.29, 1.82) is 0 Å². The normalized spacial score (nSPS) is 14.0. The van der Waals surface area contributed by atoms with Crippen LogP contribution in [-0.4, -0.2) is 38.3 Å². The van der Waals surface area contributed by atoms with Gasteiger partial charge in [0.25, 0.3) is 6.47 Å². The van der Waals surface area contributed by atoms with Gasteiger partial charge in [-0.1, -0.05) is 0 Å². The van der Waals surface area contributed by atoms with Crippen molar-refractivity contribution >= 4 is 6.47 Å². The van der Waals surface area contributed by atoms with Crippen molar-refractivity contribution in [2.45, 2.75) is 26.3 Å². The number of rotatable bonds is 4. The van der Waals surface area contributed by atoms with Crippen LogP contribution in [0.15, 0.2) is 0 Å². The van der Waals surface area contributed by atoms with E-state index in [1.807, 2.05) is 13.8 Å². The van der Waals surface area contributed by atoms with Crippen molar-refractivity contribution < 1.29 is 19.4 Å². The summed E-state index contributed by atoms with van der Waals surface area (Å²) in [6, 6.07) is 0. The molecule has 0 radical (unpaired) electrons. The van der Waals surface area contributed by atoms with Crippen molar-refractivity contribution in [1.82, 2.24) is 5.32 Å². The maximum atomic E-state index is 8.36. The summed E-state index contributed by atoms with van der Waals surface area (Å²) in [7, 11) is 3.31. The van der Waals surface area contributed by atoms with Gasteiger partial charge in [-0.2, -0.15) is 0 Å². The molecular formula is C7H17NO4. The summed E-state index contributed by atoms with van der Waals surface area (Å²) in [6.45, 7) is 3.60. The Kier molecular flexibility index (Phi) is 12.0. The van der Waals surface area contributed by atoms with E-state index in [2.05, 4.69) is 5.32 Å². The zero-order valence-electron chi connectivity index (χ0n) is 7.90. The van der Waals surface area contributed by atoms with E-state index in [1.165, 1.54) is 0 Å². The van der Waals surface area contributed by atoms with Gasteiger partial charge in [-0.25, -0.2) is 0 Å². The van der Waals surface area contributed by atoms with Crippen molar-refractivity contribution in [3.63, 3.8) is 0 Å². The molecule has 0 aliphatic carbocycles. The smallest absolute Gasteiger partial charge is 0.290 e. The van der Waals surface area contributed by atoms with E-state index in [0.29, 0.717) is 0 Å². The number of hydrogen-bond donors (Lipinski definition) is 2. The molecule has 0 rings (SSSR count). The molecule has 74 valence electrons. The zero-order valence-corrected chi connectivity index (χ0v) is 7.90. The second-order valence-corrected chi connectivity index (χ2v) is 2.03. The second-order valence-electron chi connectivity index (χ2n) is 2.03. The molecular weight excluding hydrogens is 162 g/mol. The zero-order chi connectivity index (χ0) is 9.98. The molecule has 0 saturated heterocycles. The number of nitrogens with one attached hydrogen (secondary N) is 1. The topological polar surface area (TPSA) is 67.8 Å². The van der Waals surface area contributed by atoms with Crippen LogP contribution in [0.3, 0.4) is 0 Å². The van der Waals surface area contributed by atoms with Crippen LogP contribution in [0.2, 0.25) is 0 Å². The second kappa shape index (κ2) is 10.3. The van der Waals surface area contributed by atoms with Crippen LogP contribution >= 0.6 is 0 Å². The molecule has 0 spiro atoms. The van der Waals surface area contributed by atoms with Gasteiger partial charge in [-0.05, 0) is 13.8 Å². The molecule has 0 heterocycles. The molecule has 12 heavy (non-hydrogen) atoms. The van der Waals surface area contributed by atoms with Gasteiger partial charge >= 0.3 is 0 Å². The van der Waals surface area contributed by atoms with Crippen molar-refractivity contribution in [3.8, 4) is 0 Å². The van der Waals surface area contributed by atoms with Gasteiger partial charge < -0.3 is 14.6 Å². The van der Waals surface area contributed by atoms with Crippen LogP contribution in [0, 0.1) is 0 Å². The Morgan fingerprint density at radius 1 is 1.25 bits per heavy atom. The van der Waals surface area contributed by atoms with Crippen LogP contribution < -0.4 is 5.32 Å². The average molecular weight is 179 g/mol. The number of hydrogen-bond acceptors (Lipinski definition) is 4. The lowest BCUT2D eigenvalue weighted by Crippen LogP contribution is -2.36.